The summed E-state index contributed by atoms with van der Waals surface area (Å²) in [7, 11) is 0. The lowest BCUT2D eigenvalue weighted by molar-refractivity contribution is -0.166. The van der Waals surface area contributed by atoms with Crippen molar-refractivity contribution < 1.29 is 28.6 Å². The van der Waals surface area contributed by atoms with Gasteiger partial charge < -0.3 is 14.2 Å². The van der Waals surface area contributed by atoms with Gasteiger partial charge in [0.2, 0.25) is 0 Å². The van der Waals surface area contributed by atoms with Crippen molar-refractivity contribution in [3.8, 4) is 0 Å². The summed E-state index contributed by atoms with van der Waals surface area (Å²) in [6, 6.07) is 0. The maximum absolute atomic E-state index is 12.8. The molecule has 0 spiro atoms. The van der Waals surface area contributed by atoms with Gasteiger partial charge in [-0.25, -0.2) is 0 Å². The summed E-state index contributed by atoms with van der Waals surface area (Å²) in [6.45, 7) is 6.40. The van der Waals surface area contributed by atoms with Crippen LogP contribution in [-0.2, 0) is 28.6 Å². The van der Waals surface area contributed by atoms with Crippen molar-refractivity contribution in [1.29, 1.82) is 0 Å². The van der Waals surface area contributed by atoms with Crippen LogP contribution in [0.15, 0.2) is 97.2 Å². The van der Waals surface area contributed by atoms with Gasteiger partial charge in [0.25, 0.3) is 0 Å². The number of rotatable bonds is 49. The molecular formula is C61H102O6. The average molecular weight is 931 g/mol. The van der Waals surface area contributed by atoms with Crippen LogP contribution in [0, 0.1) is 0 Å². The minimum atomic E-state index is -0.827. The summed E-state index contributed by atoms with van der Waals surface area (Å²) in [6.07, 6.45) is 72.7. The van der Waals surface area contributed by atoms with Crippen LogP contribution >= 0.6 is 0 Å². The van der Waals surface area contributed by atoms with E-state index in [0.29, 0.717) is 12.8 Å². The molecule has 0 aliphatic rings. The summed E-state index contributed by atoms with van der Waals surface area (Å²) < 4.78 is 16.7. The molecule has 0 heterocycles. The topological polar surface area (TPSA) is 78.9 Å². The van der Waals surface area contributed by atoms with Crippen LogP contribution in [0.4, 0.5) is 0 Å². The summed E-state index contributed by atoms with van der Waals surface area (Å²) >= 11 is 0. The van der Waals surface area contributed by atoms with E-state index in [1.54, 1.807) is 6.08 Å². The molecule has 0 rings (SSSR count). The van der Waals surface area contributed by atoms with Gasteiger partial charge in [-0.1, -0.05) is 227 Å². The van der Waals surface area contributed by atoms with Gasteiger partial charge in [-0.15, -0.1) is 0 Å². The first kappa shape index (κ1) is 63.3. The van der Waals surface area contributed by atoms with Crippen LogP contribution < -0.4 is 0 Å². The number of allylic oxidation sites excluding steroid dienone is 15. The summed E-state index contributed by atoms with van der Waals surface area (Å²) in [4.78, 5) is 38.0. The van der Waals surface area contributed by atoms with E-state index in [9.17, 15) is 14.4 Å². The quantitative estimate of drug-likeness (QED) is 0.0262. The van der Waals surface area contributed by atoms with Crippen molar-refractivity contribution in [2.24, 2.45) is 0 Å². The zero-order valence-electron chi connectivity index (χ0n) is 43.6. The molecule has 0 aromatic rings. The first-order chi connectivity index (χ1) is 33.0. The van der Waals surface area contributed by atoms with Crippen LogP contribution in [-0.4, -0.2) is 37.2 Å². The molecule has 1 unspecified atom stereocenters. The van der Waals surface area contributed by atoms with Crippen LogP contribution in [0.1, 0.15) is 252 Å². The van der Waals surface area contributed by atoms with E-state index in [4.69, 9.17) is 14.2 Å². The third kappa shape index (κ3) is 53.2. The molecule has 6 heteroatoms. The van der Waals surface area contributed by atoms with Crippen molar-refractivity contribution >= 4 is 17.9 Å². The second-order valence-corrected chi connectivity index (χ2v) is 18.1. The molecule has 0 aromatic heterocycles. The maximum atomic E-state index is 12.8. The fraction of sp³-hybridized carbons (Fsp3) is 0.689. The molecule has 0 aliphatic heterocycles. The Hall–Kier alpha value is -3.67. The summed E-state index contributed by atoms with van der Waals surface area (Å²) in [5.74, 6) is -1.07. The Labute approximate surface area is 413 Å². The largest absolute Gasteiger partial charge is 0.462 e. The number of carbonyl (C=O) groups excluding carboxylic acids is 3. The Balaban J connectivity index is 4.51. The molecule has 382 valence electrons. The zero-order valence-corrected chi connectivity index (χ0v) is 43.6. The van der Waals surface area contributed by atoms with Gasteiger partial charge in [0.15, 0.2) is 6.10 Å². The number of carbonyl (C=O) groups is 3. The van der Waals surface area contributed by atoms with E-state index >= 15 is 0 Å². The molecular weight excluding hydrogens is 829 g/mol. The minimum Gasteiger partial charge on any atom is -0.462 e. The second kappa shape index (κ2) is 54.9. The first-order valence-electron chi connectivity index (χ1n) is 27.7. The molecule has 0 radical (unpaired) electrons. The van der Waals surface area contributed by atoms with Crippen molar-refractivity contribution in [1.82, 2.24) is 0 Å². The van der Waals surface area contributed by atoms with Crippen LogP contribution in [0.25, 0.3) is 0 Å². The second-order valence-electron chi connectivity index (χ2n) is 18.1. The Morgan fingerprint density at radius 2 is 0.642 bits per heavy atom. The molecule has 0 saturated carbocycles. The van der Waals surface area contributed by atoms with E-state index < -0.39 is 12.1 Å². The van der Waals surface area contributed by atoms with Crippen LogP contribution in [0.3, 0.4) is 0 Å². The highest BCUT2D eigenvalue weighted by Gasteiger charge is 2.19. The average Bonchev–Trinajstić information content (AvgIpc) is 3.33. The molecule has 0 aliphatic carbocycles. The maximum Gasteiger partial charge on any atom is 0.309 e. The SMILES string of the molecule is CC/C=C\C/C=C\C/C=C\C/C=C\C/C=C\CC(=O)OCC(COC(=O)CCCCCCCCC/C=C\CCCCCCCCC)OC(=O)CCCCCCC/C=C\C/C=C\CCCCCC. The number of esters is 3. The molecule has 67 heavy (non-hydrogen) atoms. The highest BCUT2D eigenvalue weighted by Crippen LogP contribution is 2.14. The molecule has 0 fully saturated rings. The molecule has 0 aromatic carbocycles. The number of ether oxygens (including phenoxy) is 3. The van der Waals surface area contributed by atoms with Crippen molar-refractivity contribution in [3.05, 3.63) is 97.2 Å². The Kier molecular flexibility index (Phi) is 51.9. The standard InChI is InChI=1S/C61H102O6/c1-4-7-10-13-16-19-22-25-28-30-31-34-36-39-42-45-48-51-54-60(63)66-57-58(56-65-59(62)53-50-47-44-41-38-35-32-27-24-21-18-15-12-9-6-3)67-61(64)55-52-49-46-43-40-37-33-29-26-23-20-17-14-11-8-5-2/h9,12,18,20-21,23,27-30,32-33,38,41,47,50,58H,4-8,10-11,13-17,19,22,24-26,31,34-37,39-40,42-46,48-49,51-57H2,1-3H3/b12-9-,21-18-,23-20-,30-28-,32-27-,33-29-,41-38-,50-47-. The van der Waals surface area contributed by atoms with E-state index in [0.717, 1.165) is 96.3 Å². The Bertz CT molecular complexity index is 1350. The predicted octanol–water partition coefficient (Wildman–Crippen LogP) is 18.5. The van der Waals surface area contributed by atoms with Crippen LogP contribution in [0.5, 0.6) is 0 Å². The molecule has 0 N–H and O–H groups in total. The number of hydrogen-bond acceptors (Lipinski definition) is 6. The summed E-state index contributed by atoms with van der Waals surface area (Å²) in [5, 5.41) is 0. The van der Waals surface area contributed by atoms with Gasteiger partial charge in [-0.3, -0.25) is 14.4 Å². The van der Waals surface area contributed by atoms with Crippen molar-refractivity contribution in [2.45, 2.75) is 258 Å². The van der Waals surface area contributed by atoms with Gasteiger partial charge in [-0.2, -0.15) is 0 Å². The Morgan fingerprint density at radius 3 is 1.07 bits per heavy atom. The van der Waals surface area contributed by atoms with Gasteiger partial charge in [-0.05, 0) is 103 Å². The fourth-order valence-electron chi connectivity index (χ4n) is 7.42. The molecule has 0 bridgehead atoms. The third-order valence-corrected chi connectivity index (χ3v) is 11.6. The van der Waals surface area contributed by atoms with E-state index in [-0.39, 0.29) is 31.6 Å². The third-order valence-electron chi connectivity index (χ3n) is 11.6. The fourth-order valence-corrected chi connectivity index (χ4v) is 7.42. The number of unbranched alkanes of at least 4 members (excludes halogenated alkanes) is 23. The van der Waals surface area contributed by atoms with Crippen LogP contribution in [0.2, 0.25) is 0 Å². The summed E-state index contributed by atoms with van der Waals surface area (Å²) in [5.41, 5.74) is 0. The lowest BCUT2D eigenvalue weighted by atomic mass is 10.1. The Morgan fingerprint density at radius 1 is 0.328 bits per heavy atom. The highest BCUT2D eigenvalue weighted by atomic mass is 16.6. The van der Waals surface area contributed by atoms with Gasteiger partial charge in [0.1, 0.15) is 13.2 Å². The van der Waals surface area contributed by atoms with Gasteiger partial charge >= 0.3 is 17.9 Å². The highest BCUT2D eigenvalue weighted by molar-refractivity contribution is 5.72. The van der Waals surface area contributed by atoms with Gasteiger partial charge in [0.05, 0.1) is 6.42 Å². The van der Waals surface area contributed by atoms with Gasteiger partial charge in [0, 0.05) is 12.8 Å². The molecule has 1 atom stereocenters. The normalized spacial score (nSPS) is 12.8. The molecule has 0 amide bonds. The van der Waals surface area contributed by atoms with E-state index in [1.165, 1.54) is 116 Å². The smallest absolute Gasteiger partial charge is 0.309 e. The first-order valence-corrected chi connectivity index (χ1v) is 27.7. The van der Waals surface area contributed by atoms with E-state index in [2.05, 4.69) is 106 Å². The molecule has 6 nitrogen and oxygen atoms in total. The zero-order chi connectivity index (χ0) is 48.6. The van der Waals surface area contributed by atoms with E-state index in [1.807, 2.05) is 6.08 Å². The van der Waals surface area contributed by atoms with Crippen molar-refractivity contribution in [3.63, 3.8) is 0 Å². The molecule has 0 saturated heterocycles. The minimum absolute atomic E-state index is 0.116. The number of hydrogen-bond donors (Lipinski definition) is 0. The van der Waals surface area contributed by atoms with Crippen molar-refractivity contribution in [2.75, 3.05) is 13.2 Å². The predicted molar refractivity (Wildman–Crippen MR) is 288 cm³/mol. The lowest BCUT2D eigenvalue weighted by Crippen LogP contribution is -2.30. The lowest BCUT2D eigenvalue weighted by Gasteiger charge is -2.18. The monoisotopic (exact) mass is 931 g/mol.